The molecular weight excluding hydrogens is 640 g/mol. The van der Waals surface area contributed by atoms with Crippen LogP contribution in [0.5, 0.6) is 0 Å². The van der Waals surface area contributed by atoms with Crippen LogP contribution in [-0.2, 0) is 30.4 Å². The summed E-state index contributed by atoms with van der Waals surface area (Å²) in [5.41, 5.74) is 1.98. The van der Waals surface area contributed by atoms with E-state index < -0.39 is 49.0 Å². The molecule has 6 N–H and O–H groups in total. The average Bonchev–Trinajstić information content (AvgIpc) is 2.96. The van der Waals surface area contributed by atoms with E-state index in [0.717, 1.165) is 11.3 Å². The smallest absolute Gasteiger partial charge is 0.317 e. The van der Waals surface area contributed by atoms with Crippen LogP contribution in [-0.4, -0.2) is 183 Å². The standard InChI is InChI=1S/C33H54N6O10/c1-33(2,3)34-26-9-7-25(8-10-26)5-4-6-27(39(23-31(46)47)24-32(48)49)19-35-11-13-36(20-28(40)41)15-17-38(22-30(44)45)18-16-37(14-12-35)21-29(42)43/h7-10,27,34H,4-6,11-24H2,1-3H3,(H,40,41)(H,42,43)(H,44,45)(H,46,47)(H,48,49). The second kappa shape index (κ2) is 20.6. The number of aliphatic carboxylic acids is 5. The van der Waals surface area contributed by atoms with E-state index in [-0.39, 0.29) is 57.9 Å². The van der Waals surface area contributed by atoms with Crippen LogP contribution in [0, 0.1) is 0 Å². The Hall–Kier alpha value is -3.83. The summed E-state index contributed by atoms with van der Waals surface area (Å²) < 4.78 is 0. The maximum Gasteiger partial charge on any atom is 0.317 e. The van der Waals surface area contributed by atoms with E-state index in [0.29, 0.717) is 45.4 Å². The lowest BCUT2D eigenvalue weighted by atomic mass is 10.0. The van der Waals surface area contributed by atoms with Gasteiger partial charge >= 0.3 is 29.8 Å². The van der Waals surface area contributed by atoms with Crippen molar-refractivity contribution < 1.29 is 49.5 Å². The number of carbonyl (C=O) groups is 5. The van der Waals surface area contributed by atoms with Crippen LogP contribution in [0.3, 0.4) is 0 Å². The number of hydrogen-bond acceptors (Lipinski definition) is 11. The molecule has 1 atom stereocenters. The van der Waals surface area contributed by atoms with E-state index in [1.54, 1.807) is 14.7 Å². The number of nitrogens with one attached hydrogen (secondary N) is 1. The molecule has 16 heteroatoms. The van der Waals surface area contributed by atoms with Gasteiger partial charge in [-0.05, 0) is 57.7 Å². The highest BCUT2D eigenvalue weighted by atomic mass is 16.4. The van der Waals surface area contributed by atoms with Gasteiger partial charge in [-0.2, -0.15) is 0 Å². The fraction of sp³-hybridized carbons (Fsp3) is 0.667. The zero-order valence-corrected chi connectivity index (χ0v) is 28.9. The molecule has 1 aliphatic rings. The molecule has 0 amide bonds. The maximum absolute atomic E-state index is 11.8. The van der Waals surface area contributed by atoms with Crippen molar-refractivity contribution in [2.24, 2.45) is 0 Å². The summed E-state index contributed by atoms with van der Waals surface area (Å²) >= 11 is 0. The minimum absolute atomic E-state index is 0.0919. The first-order chi connectivity index (χ1) is 23.0. The molecule has 0 aliphatic carbocycles. The fourth-order valence-electron chi connectivity index (χ4n) is 5.89. The van der Waals surface area contributed by atoms with Crippen molar-refractivity contribution in [3.8, 4) is 0 Å². The third-order valence-corrected chi connectivity index (χ3v) is 8.14. The van der Waals surface area contributed by atoms with Gasteiger partial charge in [0.2, 0.25) is 0 Å². The average molecular weight is 695 g/mol. The van der Waals surface area contributed by atoms with E-state index in [4.69, 9.17) is 0 Å². The molecule has 2 rings (SSSR count). The molecule has 1 unspecified atom stereocenters. The van der Waals surface area contributed by atoms with Gasteiger partial charge in [-0.15, -0.1) is 0 Å². The summed E-state index contributed by atoms with van der Waals surface area (Å²) in [5.74, 6) is -5.43. The van der Waals surface area contributed by atoms with Crippen molar-refractivity contribution in [1.29, 1.82) is 0 Å². The molecule has 0 spiro atoms. The molecule has 1 aliphatic heterocycles. The van der Waals surface area contributed by atoms with Crippen LogP contribution in [0.2, 0.25) is 0 Å². The van der Waals surface area contributed by atoms with E-state index >= 15 is 0 Å². The Morgan fingerprint density at radius 3 is 1.39 bits per heavy atom. The topological polar surface area (TPSA) is 215 Å². The third-order valence-electron chi connectivity index (χ3n) is 8.14. The lowest BCUT2D eigenvalue weighted by Crippen LogP contribution is -2.52. The van der Waals surface area contributed by atoms with Crippen LogP contribution < -0.4 is 5.32 Å². The predicted molar refractivity (Wildman–Crippen MR) is 182 cm³/mol. The van der Waals surface area contributed by atoms with Gasteiger partial charge in [-0.3, -0.25) is 48.5 Å². The SMILES string of the molecule is CC(C)(C)Nc1ccc(CCCC(CN2CCN(CC(=O)O)CCN(CC(=O)O)CCN(CC(=O)O)CC2)N(CC(=O)O)CC(=O)O)cc1. The number of nitrogens with zero attached hydrogens (tertiary/aromatic N) is 5. The molecular formula is C33H54N6O10. The van der Waals surface area contributed by atoms with Gasteiger partial charge in [0.25, 0.3) is 0 Å². The maximum atomic E-state index is 11.8. The zero-order chi connectivity index (χ0) is 36.6. The Kier molecular flexibility index (Phi) is 17.4. The number of carboxylic acids is 5. The van der Waals surface area contributed by atoms with Crippen molar-refractivity contribution in [2.75, 3.05) is 96.9 Å². The summed E-state index contributed by atoms with van der Waals surface area (Å²) in [5, 5.41) is 51.2. The summed E-state index contributed by atoms with van der Waals surface area (Å²) in [4.78, 5) is 67.0. The quantitative estimate of drug-likeness (QED) is 0.124. The lowest BCUT2D eigenvalue weighted by Gasteiger charge is -2.37. The van der Waals surface area contributed by atoms with E-state index in [9.17, 15) is 49.5 Å². The molecule has 49 heavy (non-hydrogen) atoms. The molecule has 1 fully saturated rings. The lowest BCUT2D eigenvalue weighted by molar-refractivity contribution is -0.143. The van der Waals surface area contributed by atoms with Gasteiger partial charge < -0.3 is 30.8 Å². The molecule has 0 saturated carbocycles. The highest BCUT2D eigenvalue weighted by Crippen LogP contribution is 2.18. The van der Waals surface area contributed by atoms with Gasteiger partial charge in [-0.1, -0.05) is 12.1 Å². The first-order valence-electron chi connectivity index (χ1n) is 16.6. The predicted octanol–water partition coefficient (Wildman–Crippen LogP) is 0.535. The van der Waals surface area contributed by atoms with Gasteiger partial charge in [0.15, 0.2) is 0 Å². The Bertz CT molecular complexity index is 1180. The summed E-state index contributed by atoms with van der Waals surface area (Å²) in [6, 6.07) is 7.58. The zero-order valence-electron chi connectivity index (χ0n) is 28.9. The van der Waals surface area contributed by atoms with Crippen LogP contribution in [0.15, 0.2) is 24.3 Å². The van der Waals surface area contributed by atoms with E-state index in [1.807, 2.05) is 29.2 Å². The molecule has 1 aromatic rings. The molecule has 1 aromatic carbocycles. The minimum Gasteiger partial charge on any atom is -0.480 e. The minimum atomic E-state index is -1.16. The number of carboxylic acid groups (broad SMARTS) is 5. The fourth-order valence-corrected chi connectivity index (χ4v) is 5.89. The molecule has 0 bridgehead atoms. The Morgan fingerprint density at radius 1 is 0.653 bits per heavy atom. The molecule has 1 heterocycles. The number of anilines is 1. The number of rotatable bonds is 18. The van der Waals surface area contributed by atoms with Crippen molar-refractivity contribution in [2.45, 2.75) is 51.6 Å². The first-order valence-corrected chi connectivity index (χ1v) is 16.6. The van der Waals surface area contributed by atoms with Crippen molar-refractivity contribution in [3.05, 3.63) is 29.8 Å². The van der Waals surface area contributed by atoms with Crippen LogP contribution in [0.25, 0.3) is 0 Å². The Labute approximate surface area is 287 Å². The van der Waals surface area contributed by atoms with Gasteiger partial charge in [-0.25, -0.2) is 0 Å². The second-order valence-corrected chi connectivity index (χ2v) is 13.6. The third kappa shape index (κ3) is 18.5. The van der Waals surface area contributed by atoms with Crippen LogP contribution in [0.1, 0.15) is 39.2 Å². The van der Waals surface area contributed by atoms with Gasteiger partial charge in [0.1, 0.15) is 0 Å². The van der Waals surface area contributed by atoms with Crippen molar-refractivity contribution >= 4 is 35.5 Å². The monoisotopic (exact) mass is 694 g/mol. The number of hydrogen-bond donors (Lipinski definition) is 6. The normalized spacial score (nSPS) is 17.1. The van der Waals surface area contributed by atoms with Crippen molar-refractivity contribution in [3.63, 3.8) is 0 Å². The Balaban J connectivity index is 2.30. The molecule has 1 saturated heterocycles. The van der Waals surface area contributed by atoms with Crippen molar-refractivity contribution in [1.82, 2.24) is 24.5 Å². The number of aryl methyl sites for hydroxylation is 1. The van der Waals surface area contributed by atoms with Crippen LogP contribution >= 0.6 is 0 Å². The summed E-state index contributed by atoms with van der Waals surface area (Å²) in [6.45, 7) is 7.09. The first kappa shape index (κ1) is 41.3. The van der Waals surface area contributed by atoms with E-state index in [2.05, 4.69) is 26.1 Å². The van der Waals surface area contributed by atoms with Gasteiger partial charge in [0.05, 0.1) is 32.7 Å². The second-order valence-electron chi connectivity index (χ2n) is 13.6. The van der Waals surface area contributed by atoms with Gasteiger partial charge in [0, 0.05) is 76.2 Å². The number of benzene rings is 1. The Morgan fingerprint density at radius 2 is 1.04 bits per heavy atom. The highest BCUT2D eigenvalue weighted by Gasteiger charge is 2.27. The molecule has 276 valence electrons. The molecule has 16 nitrogen and oxygen atoms in total. The van der Waals surface area contributed by atoms with E-state index in [1.165, 1.54) is 4.90 Å². The molecule has 0 aromatic heterocycles. The summed E-state index contributed by atoms with van der Waals surface area (Å²) in [7, 11) is 0. The van der Waals surface area contributed by atoms with Crippen LogP contribution in [0.4, 0.5) is 5.69 Å². The summed E-state index contributed by atoms with van der Waals surface area (Å²) in [6.07, 6.45) is 1.82. The highest BCUT2D eigenvalue weighted by molar-refractivity contribution is 5.72. The molecule has 0 radical (unpaired) electrons. The largest absolute Gasteiger partial charge is 0.480 e.